The van der Waals surface area contributed by atoms with Crippen molar-refractivity contribution in [2.75, 3.05) is 39.3 Å². The van der Waals surface area contributed by atoms with Crippen LogP contribution >= 0.6 is 0 Å². The van der Waals surface area contributed by atoms with Crippen LogP contribution in [-0.4, -0.2) is 54.1 Å². The molecule has 2 rings (SSSR count). The Hall–Kier alpha value is -0.970. The van der Waals surface area contributed by atoms with Crippen LogP contribution in [0.25, 0.3) is 0 Å². The second-order valence-electron chi connectivity index (χ2n) is 4.58. The average molecular weight is 234 g/mol. The Balaban J connectivity index is 1.83. The van der Waals surface area contributed by atoms with Gasteiger partial charge in [-0.25, -0.2) is 0 Å². The van der Waals surface area contributed by atoms with E-state index in [-0.39, 0.29) is 0 Å². The van der Waals surface area contributed by atoms with Gasteiger partial charge in [-0.15, -0.1) is 0 Å². The highest BCUT2D eigenvalue weighted by Gasteiger charge is 2.14. The summed E-state index contributed by atoms with van der Waals surface area (Å²) in [5.74, 6) is 0. The molecule has 17 heavy (non-hydrogen) atoms. The van der Waals surface area contributed by atoms with Crippen molar-refractivity contribution in [1.82, 2.24) is 14.8 Å². The fourth-order valence-corrected chi connectivity index (χ4v) is 2.31. The molecule has 1 aliphatic heterocycles. The number of aromatic nitrogens is 1. The maximum Gasteiger partial charge on any atom is 0.0543 e. The standard InChI is InChI=1S/C13H22N4/c14-5-9-16-7-3-8-17(11-10-16)12-13-4-1-2-6-15-13/h1-2,4,6H,3,5,7-12,14H2. The van der Waals surface area contributed by atoms with Gasteiger partial charge in [-0.1, -0.05) is 6.07 Å². The molecule has 0 spiro atoms. The number of hydrogen-bond acceptors (Lipinski definition) is 4. The van der Waals surface area contributed by atoms with E-state index < -0.39 is 0 Å². The summed E-state index contributed by atoms with van der Waals surface area (Å²) in [7, 11) is 0. The topological polar surface area (TPSA) is 45.4 Å². The van der Waals surface area contributed by atoms with Gasteiger partial charge in [0.25, 0.3) is 0 Å². The third-order valence-corrected chi connectivity index (χ3v) is 3.24. The van der Waals surface area contributed by atoms with E-state index in [1.165, 1.54) is 18.7 Å². The van der Waals surface area contributed by atoms with Crippen molar-refractivity contribution >= 4 is 0 Å². The van der Waals surface area contributed by atoms with Crippen LogP contribution in [0.3, 0.4) is 0 Å². The van der Waals surface area contributed by atoms with Gasteiger partial charge in [-0.05, 0) is 31.6 Å². The molecular formula is C13H22N4. The lowest BCUT2D eigenvalue weighted by molar-refractivity contribution is 0.253. The molecule has 0 aromatic carbocycles. The van der Waals surface area contributed by atoms with Gasteiger partial charge < -0.3 is 10.6 Å². The minimum absolute atomic E-state index is 0.764. The molecule has 1 aromatic heterocycles. The maximum atomic E-state index is 5.60. The zero-order chi connectivity index (χ0) is 11.9. The Morgan fingerprint density at radius 2 is 1.94 bits per heavy atom. The third-order valence-electron chi connectivity index (χ3n) is 3.24. The lowest BCUT2D eigenvalue weighted by atomic mass is 10.3. The first kappa shape index (κ1) is 12.5. The number of rotatable bonds is 4. The first-order valence-electron chi connectivity index (χ1n) is 6.43. The van der Waals surface area contributed by atoms with Gasteiger partial charge >= 0.3 is 0 Å². The van der Waals surface area contributed by atoms with Crippen LogP contribution in [0.1, 0.15) is 12.1 Å². The van der Waals surface area contributed by atoms with Crippen LogP contribution in [0.4, 0.5) is 0 Å². The van der Waals surface area contributed by atoms with E-state index in [0.717, 1.165) is 39.3 Å². The van der Waals surface area contributed by atoms with Gasteiger partial charge in [0, 0.05) is 38.9 Å². The van der Waals surface area contributed by atoms with Crippen molar-refractivity contribution < 1.29 is 0 Å². The zero-order valence-corrected chi connectivity index (χ0v) is 10.4. The first-order chi connectivity index (χ1) is 8.38. The summed E-state index contributed by atoms with van der Waals surface area (Å²) in [5.41, 5.74) is 6.77. The van der Waals surface area contributed by atoms with E-state index in [1.807, 2.05) is 12.3 Å². The molecule has 0 atom stereocenters. The fourth-order valence-electron chi connectivity index (χ4n) is 2.31. The molecule has 1 aliphatic rings. The van der Waals surface area contributed by atoms with Crippen LogP contribution < -0.4 is 5.73 Å². The number of nitrogens with two attached hydrogens (primary N) is 1. The minimum atomic E-state index is 0.764. The first-order valence-corrected chi connectivity index (χ1v) is 6.43. The molecule has 1 aromatic rings. The monoisotopic (exact) mass is 234 g/mol. The van der Waals surface area contributed by atoms with Gasteiger partial charge in [0.15, 0.2) is 0 Å². The van der Waals surface area contributed by atoms with E-state index in [0.29, 0.717) is 0 Å². The van der Waals surface area contributed by atoms with Crippen LogP contribution in [0.2, 0.25) is 0 Å². The van der Waals surface area contributed by atoms with Crippen molar-refractivity contribution in [3.8, 4) is 0 Å². The van der Waals surface area contributed by atoms with E-state index in [9.17, 15) is 0 Å². The van der Waals surface area contributed by atoms with Crippen LogP contribution in [0, 0.1) is 0 Å². The molecule has 94 valence electrons. The van der Waals surface area contributed by atoms with Crippen LogP contribution in [-0.2, 0) is 6.54 Å². The lowest BCUT2D eigenvalue weighted by Crippen LogP contribution is -2.33. The number of pyridine rings is 1. The molecule has 0 bridgehead atoms. The highest BCUT2D eigenvalue weighted by molar-refractivity contribution is 5.03. The summed E-state index contributed by atoms with van der Waals surface area (Å²) < 4.78 is 0. The van der Waals surface area contributed by atoms with Gasteiger partial charge in [-0.3, -0.25) is 9.88 Å². The lowest BCUT2D eigenvalue weighted by Gasteiger charge is -2.20. The molecule has 0 unspecified atom stereocenters. The highest BCUT2D eigenvalue weighted by atomic mass is 15.2. The van der Waals surface area contributed by atoms with Crippen molar-refractivity contribution in [2.45, 2.75) is 13.0 Å². The Morgan fingerprint density at radius 3 is 2.71 bits per heavy atom. The quantitative estimate of drug-likeness (QED) is 0.826. The number of hydrogen-bond donors (Lipinski definition) is 1. The Morgan fingerprint density at radius 1 is 1.12 bits per heavy atom. The van der Waals surface area contributed by atoms with Gasteiger partial charge in [0.05, 0.1) is 5.69 Å². The van der Waals surface area contributed by atoms with E-state index >= 15 is 0 Å². The molecule has 0 radical (unpaired) electrons. The largest absolute Gasteiger partial charge is 0.329 e. The molecule has 1 fully saturated rings. The van der Waals surface area contributed by atoms with Crippen molar-refractivity contribution in [3.05, 3.63) is 30.1 Å². The van der Waals surface area contributed by atoms with E-state index in [2.05, 4.69) is 26.9 Å². The van der Waals surface area contributed by atoms with E-state index in [4.69, 9.17) is 5.73 Å². The predicted octanol–water partition coefficient (Wildman–Crippen LogP) is 0.548. The Labute approximate surface area is 103 Å². The third kappa shape index (κ3) is 4.07. The smallest absolute Gasteiger partial charge is 0.0543 e. The minimum Gasteiger partial charge on any atom is -0.329 e. The summed E-state index contributed by atoms with van der Waals surface area (Å²) in [6.07, 6.45) is 3.10. The molecule has 0 amide bonds. The summed E-state index contributed by atoms with van der Waals surface area (Å²) in [6.45, 7) is 7.35. The van der Waals surface area contributed by atoms with Gasteiger partial charge in [-0.2, -0.15) is 0 Å². The van der Waals surface area contributed by atoms with Crippen molar-refractivity contribution in [1.29, 1.82) is 0 Å². The SMILES string of the molecule is NCCN1CCCN(Cc2ccccn2)CC1. The number of nitrogens with zero attached hydrogens (tertiary/aromatic N) is 3. The summed E-state index contributed by atoms with van der Waals surface area (Å²) in [5, 5.41) is 0. The second-order valence-corrected chi connectivity index (χ2v) is 4.58. The summed E-state index contributed by atoms with van der Waals surface area (Å²) in [6, 6.07) is 6.12. The van der Waals surface area contributed by atoms with Crippen LogP contribution in [0.15, 0.2) is 24.4 Å². The Kier molecular flexibility index (Phi) is 4.91. The highest BCUT2D eigenvalue weighted by Crippen LogP contribution is 2.06. The normalized spacial score (nSPS) is 19.1. The fraction of sp³-hybridized carbons (Fsp3) is 0.615. The van der Waals surface area contributed by atoms with E-state index in [1.54, 1.807) is 0 Å². The zero-order valence-electron chi connectivity index (χ0n) is 10.4. The van der Waals surface area contributed by atoms with Gasteiger partial charge in [0.1, 0.15) is 0 Å². The molecule has 2 heterocycles. The summed E-state index contributed by atoms with van der Waals surface area (Å²) in [4.78, 5) is 9.33. The summed E-state index contributed by atoms with van der Waals surface area (Å²) >= 11 is 0. The molecule has 4 heteroatoms. The molecule has 0 saturated carbocycles. The molecular weight excluding hydrogens is 212 g/mol. The molecule has 4 nitrogen and oxygen atoms in total. The average Bonchev–Trinajstić information content (AvgIpc) is 2.57. The molecule has 2 N–H and O–H groups in total. The molecule has 1 saturated heterocycles. The van der Waals surface area contributed by atoms with Crippen LogP contribution in [0.5, 0.6) is 0 Å². The van der Waals surface area contributed by atoms with Crippen molar-refractivity contribution in [3.63, 3.8) is 0 Å². The Bertz CT molecular complexity index is 314. The van der Waals surface area contributed by atoms with Gasteiger partial charge in [0.2, 0.25) is 0 Å². The van der Waals surface area contributed by atoms with Crippen molar-refractivity contribution in [2.24, 2.45) is 5.73 Å². The second kappa shape index (κ2) is 6.69. The maximum absolute atomic E-state index is 5.60. The predicted molar refractivity (Wildman–Crippen MR) is 69.6 cm³/mol. The molecule has 0 aliphatic carbocycles.